The highest BCUT2D eigenvalue weighted by Gasteiger charge is 2.34. The van der Waals surface area contributed by atoms with E-state index in [-0.39, 0.29) is 11.5 Å². The molecule has 0 amide bonds. The first-order valence-electron chi connectivity index (χ1n) is 6.17. The van der Waals surface area contributed by atoms with E-state index >= 15 is 0 Å². The van der Waals surface area contributed by atoms with Gasteiger partial charge in [0, 0.05) is 18.0 Å². The average Bonchev–Trinajstić information content (AvgIpc) is 2.38. The molecule has 0 aromatic heterocycles. The molecule has 0 radical (unpaired) electrons. The van der Waals surface area contributed by atoms with Crippen LogP contribution in [-0.2, 0) is 0 Å². The number of nitrogens with one attached hydrogen (secondary N) is 1. The number of benzene rings is 1. The number of ether oxygens (including phenoxy) is 1. The van der Waals surface area contributed by atoms with Gasteiger partial charge in [-0.05, 0) is 25.5 Å². The molecule has 0 aliphatic carbocycles. The standard InChI is InChI=1S/C13H15F4NO/c14-12(9-4-3-7-18-8-9)10-5-1-2-6-11(10)19-13(15,16)17/h1-2,5-6,9,12,18H,3-4,7-8H2. The second-order valence-corrected chi connectivity index (χ2v) is 4.59. The summed E-state index contributed by atoms with van der Waals surface area (Å²) < 4.78 is 55.1. The van der Waals surface area contributed by atoms with Gasteiger partial charge in [0.2, 0.25) is 0 Å². The lowest BCUT2D eigenvalue weighted by Gasteiger charge is -2.27. The Balaban J connectivity index is 2.18. The molecule has 1 N–H and O–H groups in total. The average molecular weight is 277 g/mol. The van der Waals surface area contributed by atoms with E-state index in [1.807, 2.05) is 0 Å². The minimum atomic E-state index is -4.80. The van der Waals surface area contributed by atoms with E-state index in [9.17, 15) is 17.6 Å². The molecule has 1 heterocycles. The second-order valence-electron chi connectivity index (χ2n) is 4.59. The van der Waals surface area contributed by atoms with Crippen molar-refractivity contribution in [3.8, 4) is 5.75 Å². The molecule has 1 fully saturated rings. The summed E-state index contributed by atoms with van der Waals surface area (Å²) in [6.45, 7) is 1.30. The van der Waals surface area contributed by atoms with Crippen LogP contribution >= 0.6 is 0 Å². The molecule has 1 aromatic carbocycles. The third kappa shape index (κ3) is 3.83. The summed E-state index contributed by atoms with van der Waals surface area (Å²) in [5.74, 6) is -0.764. The van der Waals surface area contributed by atoms with E-state index < -0.39 is 18.3 Å². The van der Waals surface area contributed by atoms with E-state index in [0.29, 0.717) is 13.0 Å². The molecule has 1 aliphatic rings. The van der Waals surface area contributed by atoms with Crippen molar-refractivity contribution in [1.82, 2.24) is 5.32 Å². The predicted molar refractivity (Wildman–Crippen MR) is 62.6 cm³/mol. The van der Waals surface area contributed by atoms with Gasteiger partial charge in [0.15, 0.2) is 0 Å². The maximum Gasteiger partial charge on any atom is 0.573 e. The highest BCUT2D eigenvalue weighted by atomic mass is 19.4. The minimum absolute atomic E-state index is 0.0338. The molecule has 2 nitrogen and oxygen atoms in total. The normalized spacial score (nSPS) is 22.0. The van der Waals surface area contributed by atoms with Crippen molar-refractivity contribution in [2.75, 3.05) is 13.1 Å². The number of para-hydroxylation sites is 1. The zero-order valence-corrected chi connectivity index (χ0v) is 10.2. The van der Waals surface area contributed by atoms with Crippen LogP contribution in [0.1, 0.15) is 24.6 Å². The Bertz CT molecular complexity index is 415. The molecule has 1 aliphatic heterocycles. The summed E-state index contributed by atoms with van der Waals surface area (Å²) in [4.78, 5) is 0. The van der Waals surface area contributed by atoms with Gasteiger partial charge in [-0.3, -0.25) is 0 Å². The van der Waals surface area contributed by atoms with Crippen molar-refractivity contribution in [2.24, 2.45) is 5.92 Å². The largest absolute Gasteiger partial charge is 0.573 e. The second kappa shape index (κ2) is 5.77. The molecular weight excluding hydrogens is 262 g/mol. The van der Waals surface area contributed by atoms with Gasteiger partial charge in [-0.15, -0.1) is 13.2 Å². The van der Waals surface area contributed by atoms with Gasteiger partial charge in [-0.2, -0.15) is 0 Å². The SMILES string of the molecule is FC(c1ccccc1OC(F)(F)F)C1CCCNC1. The summed E-state index contributed by atoms with van der Waals surface area (Å²) in [7, 11) is 0. The molecule has 0 saturated carbocycles. The Hall–Kier alpha value is -1.30. The number of piperidine rings is 1. The first kappa shape index (κ1) is 14.1. The minimum Gasteiger partial charge on any atom is -0.405 e. The van der Waals surface area contributed by atoms with Crippen LogP contribution in [0.3, 0.4) is 0 Å². The quantitative estimate of drug-likeness (QED) is 0.852. The summed E-state index contributed by atoms with van der Waals surface area (Å²) in [6.07, 6.45) is -4.77. The maximum absolute atomic E-state index is 14.4. The van der Waals surface area contributed by atoms with Gasteiger partial charge in [-0.1, -0.05) is 18.2 Å². The van der Waals surface area contributed by atoms with Crippen LogP contribution in [0, 0.1) is 5.92 Å². The summed E-state index contributed by atoms with van der Waals surface area (Å²) in [5, 5.41) is 3.05. The number of halogens is 4. The van der Waals surface area contributed by atoms with Gasteiger partial charge in [-0.25, -0.2) is 4.39 Å². The first-order chi connectivity index (χ1) is 8.97. The van der Waals surface area contributed by atoms with Crippen LogP contribution in [0.25, 0.3) is 0 Å². The summed E-state index contributed by atoms with van der Waals surface area (Å²) >= 11 is 0. The highest BCUT2D eigenvalue weighted by Crippen LogP contribution is 2.37. The number of hydrogen-bond donors (Lipinski definition) is 1. The van der Waals surface area contributed by atoms with Crippen molar-refractivity contribution >= 4 is 0 Å². The van der Waals surface area contributed by atoms with Gasteiger partial charge in [0.25, 0.3) is 0 Å². The molecular formula is C13H15F4NO. The van der Waals surface area contributed by atoms with Crippen molar-refractivity contribution < 1.29 is 22.3 Å². The fourth-order valence-corrected chi connectivity index (χ4v) is 2.31. The molecule has 2 atom stereocenters. The molecule has 0 bridgehead atoms. The van der Waals surface area contributed by atoms with E-state index in [2.05, 4.69) is 10.1 Å². The lowest BCUT2D eigenvalue weighted by molar-refractivity contribution is -0.275. The zero-order valence-electron chi connectivity index (χ0n) is 10.2. The van der Waals surface area contributed by atoms with Gasteiger partial charge < -0.3 is 10.1 Å². The molecule has 19 heavy (non-hydrogen) atoms. The van der Waals surface area contributed by atoms with Crippen LogP contribution in [0.5, 0.6) is 5.75 Å². The smallest absolute Gasteiger partial charge is 0.405 e. The van der Waals surface area contributed by atoms with Crippen LogP contribution in [0.15, 0.2) is 24.3 Å². The number of alkyl halides is 4. The molecule has 6 heteroatoms. The Morgan fingerprint density at radius 1 is 1.26 bits per heavy atom. The Morgan fingerprint density at radius 3 is 2.63 bits per heavy atom. The third-order valence-electron chi connectivity index (χ3n) is 3.19. The fraction of sp³-hybridized carbons (Fsp3) is 0.538. The molecule has 1 aromatic rings. The Kier molecular flexibility index (Phi) is 4.29. The van der Waals surface area contributed by atoms with E-state index in [0.717, 1.165) is 19.0 Å². The van der Waals surface area contributed by atoms with Gasteiger partial charge in [0.05, 0.1) is 0 Å². The van der Waals surface area contributed by atoms with Crippen molar-refractivity contribution in [2.45, 2.75) is 25.4 Å². The summed E-state index contributed by atoms with van der Waals surface area (Å²) in [6, 6.07) is 5.41. The van der Waals surface area contributed by atoms with Crippen LogP contribution in [0.2, 0.25) is 0 Å². The Labute approximate surface area is 108 Å². The number of hydrogen-bond acceptors (Lipinski definition) is 2. The third-order valence-corrected chi connectivity index (χ3v) is 3.19. The first-order valence-corrected chi connectivity index (χ1v) is 6.17. The lowest BCUT2D eigenvalue weighted by atomic mass is 9.90. The van der Waals surface area contributed by atoms with E-state index in [1.54, 1.807) is 0 Å². The van der Waals surface area contributed by atoms with Gasteiger partial charge >= 0.3 is 6.36 Å². The molecule has 0 spiro atoms. The van der Waals surface area contributed by atoms with Crippen LogP contribution < -0.4 is 10.1 Å². The van der Waals surface area contributed by atoms with Gasteiger partial charge in [0.1, 0.15) is 11.9 Å². The van der Waals surface area contributed by atoms with Crippen molar-refractivity contribution in [1.29, 1.82) is 0 Å². The topological polar surface area (TPSA) is 21.3 Å². The van der Waals surface area contributed by atoms with Crippen molar-refractivity contribution in [3.05, 3.63) is 29.8 Å². The summed E-state index contributed by atoms with van der Waals surface area (Å²) in [5.41, 5.74) is -0.0338. The lowest BCUT2D eigenvalue weighted by Crippen LogP contribution is -2.32. The molecule has 1 saturated heterocycles. The number of rotatable bonds is 3. The van der Waals surface area contributed by atoms with Crippen LogP contribution in [0.4, 0.5) is 17.6 Å². The fourth-order valence-electron chi connectivity index (χ4n) is 2.31. The monoisotopic (exact) mass is 277 g/mol. The van der Waals surface area contributed by atoms with E-state index in [4.69, 9.17) is 0 Å². The maximum atomic E-state index is 14.4. The molecule has 2 rings (SSSR count). The molecule has 2 unspecified atom stereocenters. The Morgan fingerprint density at radius 2 is 2.00 bits per heavy atom. The van der Waals surface area contributed by atoms with E-state index in [1.165, 1.54) is 18.2 Å². The highest BCUT2D eigenvalue weighted by molar-refractivity contribution is 5.35. The van der Waals surface area contributed by atoms with Crippen LogP contribution in [-0.4, -0.2) is 19.5 Å². The predicted octanol–water partition coefficient (Wildman–Crippen LogP) is 3.60. The van der Waals surface area contributed by atoms with Crippen molar-refractivity contribution in [3.63, 3.8) is 0 Å². The molecule has 106 valence electrons. The zero-order chi connectivity index (χ0) is 13.9.